The maximum absolute atomic E-state index is 9.21. The summed E-state index contributed by atoms with van der Waals surface area (Å²) in [6, 6.07) is 12.8. The highest BCUT2D eigenvalue weighted by Gasteiger charge is 2.21. The van der Waals surface area contributed by atoms with Crippen molar-refractivity contribution in [2.24, 2.45) is 0 Å². The van der Waals surface area contributed by atoms with Crippen LogP contribution in [0.2, 0.25) is 0 Å². The zero-order valence-corrected chi connectivity index (χ0v) is 12.1. The molecule has 1 N–H and O–H groups in total. The Hall–Kier alpha value is -0.980. The average Bonchev–Trinajstić information content (AvgIpc) is 2.43. The lowest BCUT2D eigenvalue weighted by atomic mass is 9.98. The number of nitriles is 1. The summed E-state index contributed by atoms with van der Waals surface area (Å²) in [6.45, 7) is 5.03. The first-order valence-corrected chi connectivity index (χ1v) is 7.53. The topological polar surface area (TPSA) is 35.8 Å². The van der Waals surface area contributed by atoms with Crippen LogP contribution in [-0.2, 0) is 0 Å². The van der Waals surface area contributed by atoms with Crippen LogP contribution in [0.15, 0.2) is 35.2 Å². The van der Waals surface area contributed by atoms with Crippen molar-refractivity contribution in [3.05, 3.63) is 30.3 Å². The van der Waals surface area contributed by atoms with E-state index in [2.05, 4.69) is 42.6 Å². The molecule has 0 aliphatic rings. The van der Waals surface area contributed by atoms with E-state index in [4.69, 9.17) is 0 Å². The van der Waals surface area contributed by atoms with Gasteiger partial charge >= 0.3 is 0 Å². The summed E-state index contributed by atoms with van der Waals surface area (Å²) >= 11 is 1.86. The van der Waals surface area contributed by atoms with Crippen LogP contribution in [0.25, 0.3) is 0 Å². The lowest BCUT2D eigenvalue weighted by Crippen LogP contribution is -2.41. The Morgan fingerprint density at radius 3 is 2.67 bits per heavy atom. The van der Waals surface area contributed by atoms with E-state index in [0.29, 0.717) is 0 Å². The second-order valence-corrected chi connectivity index (χ2v) is 5.80. The molecule has 0 saturated heterocycles. The molecule has 0 aromatic heterocycles. The number of nitrogens with zero attached hydrogens (tertiary/aromatic N) is 1. The number of hydrogen-bond acceptors (Lipinski definition) is 3. The molecule has 18 heavy (non-hydrogen) atoms. The summed E-state index contributed by atoms with van der Waals surface area (Å²) in [7, 11) is 0. The van der Waals surface area contributed by atoms with E-state index >= 15 is 0 Å². The van der Waals surface area contributed by atoms with Crippen molar-refractivity contribution < 1.29 is 0 Å². The zero-order chi connectivity index (χ0) is 13.3. The van der Waals surface area contributed by atoms with Gasteiger partial charge in [0.05, 0.1) is 6.07 Å². The molecule has 0 spiro atoms. The van der Waals surface area contributed by atoms with Crippen molar-refractivity contribution in [3.8, 4) is 6.07 Å². The maximum Gasteiger partial charge on any atom is 0.103 e. The molecule has 1 rings (SSSR count). The molecule has 0 fully saturated rings. The Kier molecular flexibility index (Phi) is 6.85. The third kappa shape index (κ3) is 5.57. The first-order valence-electron chi connectivity index (χ1n) is 6.54. The van der Waals surface area contributed by atoms with Gasteiger partial charge < -0.3 is 0 Å². The van der Waals surface area contributed by atoms with E-state index in [1.54, 1.807) is 0 Å². The summed E-state index contributed by atoms with van der Waals surface area (Å²) in [5, 5.41) is 12.5. The van der Waals surface area contributed by atoms with E-state index in [-0.39, 0.29) is 5.54 Å². The van der Waals surface area contributed by atoms with E-state index in [1.807, 2.05) is 24.8 Å². The smallest absolute Gasteiger partial charge is 0.103 e. The maximum atomic E-state index is 9.21. The molecule has 0 radical (unpaired) electrons. The lowest BCUT2D eigenvalue weighted by molar-refractivity contribution is 0.415. The van der Waals surface area contributed by atoms with Crippen LogP contribution in [-0.4, -0.2) is 17.8 Å². The molecular formula is C15H22N2S. The Morgan fingerprint density at radius 1 is 1.33 bits per heavy atom. The summed E-state index contributed by atoms with van der Waals surface area (Å²) in [5.74, 6) is 1.06. The van der Waals surface area contributed by atoms with Crippen molar-refractivity contribution in [1.82, 2.24) is 5.32 Å². The quantitative estimate of drug-likeness (QED) is 0.571. The van der Waals surface area contributed by atoms with Gasteiger partial charge in [0.25, 0.3) is 0 Å². The Morgan fingerprint density at radius 2 is 2.06 bits per heavy atom. The predicted molar refractivity (Wildman–Crippen MR) is 78.7 cm³/mol. The van der Waals surface area contributed by atoms with Gasteiger partial charge in [-0.25, -0.2) is 0 Å². The van der Waals surface area contributed by atoms with Gasteiger partial charge in [-0.05, 0) is 50.6 Å². The molecular weight excluding hydrogens is 240 g/mol. The van der Waals surface area contributed by atoms with Crippen LogP contribution < -0.4 is 5.32 Å². The Balaban J connectivity index is 2.26. The van der Waals surface area contributed by atoms with Crippen molar-refractivity contribution in [2.45, 2.75) is 43.5 Å². The minimum Gasteiger partial charge on any atom is -0.300 e. The molecule has 3 heteroatoms. The first kappa shape index (κ1) is 15.1. The zero-order valence-electron chi connectivity index (χ0n) is 11.3. The minimum atomic E-state index is -0.368. The summed E-state index contributed by atoms with van der Waals surface area (Å²) in [5.41, 5.74) is -0.368. The third-order valence-electron chi connectivity index (χ3n) is 2.84. The van der Waals surface area contributed by atoms with Crippen LogP contribution in [0.1, 0.15) is 33.1 Å². The molecule has 0 aliphatic heterocycles. The highest BCUT2D eigenvalue weighted by atomic mass is 32.2. The highest BCUT2D eigenvalue weighted by molar-refractivity contribution is 7.99. The third-order valence-corrected chi connectivity index (χ3v) is 3.94. The standard InChI is InChI=1S/C15H22N2S/c1-3-11-17-15(2,13-16)10-7-12-18-14-8-5-4-6-9-14/h4-6,8-9,17H,3,7,10-12H2,1-2H3. The molecule has 0 amide bonds. The van der Waals surface area contributed by atoms with Crippen LogP contribution in [0.5, 0.6) is 0 Å². The van der Waals surface area contributed by atoms with Gasteiger partial charge in [0.2, 0.25) is 0 Å². The van der Waals surface area contributed by atoms with Gasteiger partial charge in [-0.2, -0.15) is 5.26 Å². The average molecular weight is 262 g/mol. The van der Waals surface area contributed by atoms with Gasteiger partial charge in [-0.3, -0.25) is 5.32 Å². The molecule has 0 bridgehead atoms. The molecule has 0 saturated carbocycles. The fraction of sp³-hybridized carbons (Fsp3) is 0.533. The summed E-state index contributed by atoms with van der Waals surface area (Å²) in [4.78, 5) is 1.30. The molecule has 1 aromatic carbocycles. The number of rotatable bonds is 8. The van der Waals surface area contributed by atoms with Crippen LogP contribution in [0.3, 0.4) is 0 Å². The van der Waals surface area contributed by atoms with Crippen molar-refractivity contribution >= 4 is 11.8 Å². The van der Waals surface area contributed by atoms with Gasteiger partial charge in [-0.1, -0.05) is 25.1 Å². The van der Waals surface area contributed by atoms with Crippen LogP contribution >= 0.6 is 11.8 Å². The van der Waals surface area contributed by atoms with Crippen molar-refractivity contribution in [3.63, 3.8) is 0 Å². The Bertz CT molecular complexity index is 372. The number of thioether (sulfide) groups is 1. The molecule has 2 nitrogen and oxygen atoms in total. The second-order valence-electron chi connectivity index (χ2n) is 4.64. The van der Waals surface area contributed by atoms with Gasteiger partial charge in [0.1, 0.15) is 5.54 Å². The van der Waals surface area contributed by atoms with Crippen molar-refractivity contribution in [1.29, 1.82) is 5.26 Å². The van der Waals surface area contributed by atoms with Crippen LogP contribution in [0, 0.1) is 11.3 Å². The minimum absolute atomic E-state index is 0.368. The largest absolute Gasteiger partial charge is 0.300 e. The van der Waals surface area contributed by atoms with E-state index < -0.39 is 0 Å². The fourth-order valence-electron chi connectivity index (χ4n) is 1.72. The summed E-state index contributed by atoms with van der Waals surface area (Å²) in [6.07, 6.45) is 3.03. The molecule has 1 atom stereocenters. The molecule has 0 aliphatic carbocycles. The molecule has 0 heterocycles. The highest BCUT2D eigenvalue weighted by Crippen LogP contribution is 2.20. The number of benzene rings is 1. The Labute approximate surface area is 115 Å². The van der Waals surface area contributed by atoms with Crippen LogP contribution in [0.4, 0.5) is 0 Å². The second kappa shape index (κ2) is 8.18. The summed E-state index contributed by atoms with van der Waals surface area (Å²) < 4.78 is 0. The van der Waals surface area contributed by atoms with E-state index in [0.717, 1.165) is 31.6 Å². The molecule has 1 aromatic rings. The molecule has 98 valence electrons. The van der Waals surface area contributed by atoms with Gasteiger partial charge in [0, 0.05) is 4.90 Å². The van der Waals surface area contributed by atoms with Gasteiger partial charge in [0.15, 0.2) is 0 Å². The SMILES string of the molecule is CCCNC(C)(C#N)CCCSc1ccccc1. The fourth-order valence-corrected chi connectivity index (χ4v) is 2.59. The van der Waals surface area contributed by atoms with Gasteiger partial charge in [-0.15, -0.1) is 11.8 Å². The van der Waals surface area contributed by atoms with E-state index in [9.17, 15) is 5.26 Å². The van der Waals surface area contributed by atoms with Crippen molar-refractivity contribution in [2.75, 3.05) is 12.3 Å². The number of nitrogens with one attached hydrogen (secondary N) is 1. The lowest BCUT2D eigenvalue weighted by Gasteiger charge is -2.22. The van der Waals surface area contributed by atoms with E-state index in [1.165, 1.54) is 4.90 Å². The monoisotopic (exact) mass is 262 g/mol. The molecule has 1 unspecified atom stereocenters. The normalized spacial score (nSPS) is 13.8. The number of hydrogen-bond donors (Lipinski definition) is 1. The predicted octanol–water partition coefficient (Wildman–Crippen LogP) is 3.84. The first-order chi connectivity index (χ1) is 8.70.